The number of aryl methyl sites for hydroxylation is 1. The van der Waals surface area contributed by atoms with Crippen LogP contribution in [-0.2, 0) is 0 Å². The summed E-state index contributed by atoms with van der Waals surface area (Å²) >= 11 is 1.94. The molecule has 1 rings (SSSR count). The smallest absolute Gasteiger partial charge is 0.198 e. The normalized spacial score (nSPS) is 9.50. The van der Waals surface area contributed by atoms with E-state index in [1.807, 2.05) is 53.8 Å². The summed E-state index contributed by atoms with van der Waals surface area (Å²) in [5.41, 5.74) is 1.87. The topological polar surface area (TPSA) is 17.1 Å². The molecular formula is C10H9IO. The lowest BCUT2D eigenvalue weighted by atomic mass is 10.1. The van der Waals surface area contributed by atoms with Crippen molar-refractivity contribution in [1.82, 2.24) is 0 Å². The zero-order valence-electron chi connectivity index (χ0n) is 6.80. The maximum atomic E-state index is 11.3. The van der Waals surface area contributed by atoms with Crippen LogP contribution in [0.25, 0.3) is 0 Å². The molecule has 1 aromatic carbocycles. The van der Waals surface area contributed by atoms with Crippen LogP contribution in [0, 0.1) is 6.92 Å². The number of hydrogen-bond acceptors (Lipinski definition) is 1. The van der Waals surface area contributed by atoms with Gasteiger partial charge in [0.05, 0.1) is 3.58 Å². The second kappa shape index (κ2) is 3.85. The van der Waals surface area contributed by atoms with Gasteiger partial charge in [0.25, 0.3) is 0 Å². The number of carbonyl (C=O) groups is 1. The second-order valence-corrected chi connectivity index (χ2v) is 3.90. The molecule has 0 aromatic heterocycles. The largest absolute Gasteiger partial charge is 0.288 e. The van der Waals surface area contributed by atoms with Gasteiger partial charge in [-0.2, -0.15) is 0 Å². The molecule has 0 amide bonds. The van der Waals surface area contributed by atoms with E-state index in [4.69, 9.17) is 0 Å². The first-order valence-corrected chi connectivity index (χ1v) is 4.65. The van der Waals surface area contributed by atoms with Gasteiger partial charge < -0.3 is 0 Å². The predicted octanol–water partition coefficient (Wildman–Crippen LogP) is 3.13. The molecule has 0 aliphatic carbocycles. The van der Waals surface area contributed by atoms with Crippen molar-refractivity contribution in [2.45, 2.75) is 6.92 Å². The molecule has 0 bridgehead atoms. The standard InChI is InChI=1S/C10H9IO/c1-7-3-5-9(6-4-7)10(12)8(2)11/h3-6H,2H2,1H3. The summed E-state index contributed by atoms with van der Waals surface area (Å²) in [6.07, 6.45) is 0. The van der Waals surface area contributed by atoms with Crippen LogP contribution >= 0.6 is 22.6 Å². The van der Waals surface area contributed by atoms with Gasteiger partial charge in [0.2, 0.25) is 0 Å². The van der Waals surface area contributed by atoms with E-state index in [1.54, 1.807) is 0 Å². The molecule has 0 atom stereocenters. The SMILES string of the molecule is C=C(I)C(=O)c1ccc(C)cc1. The number of allylic oxidation sites excluding steroid dienone is 1. The van der Waals surface area contributed by atoms with Crippen molar-refractivity contribution in [2.24, 2.45) is 0 Å². The summed E-state index contributed by atoms with van der Waals surface area (Å²) in [5, 5.41) is 0. The molecule has 1 aromatic rings. The average molecular weight is 272 g/mol. The number of hydrogen-bond donors (Lipinski definition) is 0. The van der Waals surface area contributed by atoms with E-state index >= 15 is 0 Å². The highest BCUT2D eigenvalue weighted by atomic mass is 127. The van der Waals surface area contributed by atoms with Crippen molar-refractivity contribution in [2.75, 3.05) is 0 Å². The van der Waals surface area contributed by atoms with E-state index < -0.39 is 0 Å². The Labute approximate surface area is 85.6 Å². The summed E-state index contributed by atoms with van der Waals surface area (Å²) in [6.45, 7) is 5.58. The van der Waals surface area contributed by atoms with Crippen molar-refractivity contribution in [3.63, 3.8) is 0 Å². The molecule has 0 saturated heterocycles. The number of carbonyl (C=O) groups excluding carboxylic acids is 1. The van der Waals surface area contributed by atoms with Crippen LogP contribution in [0.5, 0.6) is 0 Å². The molecule has 0 spiro atoms. The molecule has 0 unspecified atom stereocenters. The Kier molecular flexibility index (Phi) is 3.03. The quantitative estimate of drug-likeness (QED) is 0.459. The van der Waals surface area contributed by atoms with E-state index in [2.05, 4.69) is 6.58 Å². The number of benzene rings is 1. The van der Waals surface area contributed by atoms with Gasteiger partial charge >= 0.3 is 0 Å². The lowest BCUT2D eigenvalue weighted by molar-refractivity contribution is 0.104. The van der Waals surface area contributed by atoms with Gasteiger partial charge in [-0.05, 0) is 29.5 Å². The van der Waals surface area contributed by atoms with E-state index in [-0.39, 0.29) is 5.78 Å². The van der Waals surface area contributed by atoms with Crippen molar-refractivity contribution < 1.29 is 4.79 Å². The summed E-state index contributed by atoms with van der Waals surface area (Å²) in [7, 11) is 0. The fourth-order valence-corrected chi connectivity index (χ4v) is 1.17. The van der Waals surface area contributed by atoms with E-state index in [1.165, 1.54) is 0 Å². The third kappa shape index (κ3) is 2.17. The maximum absolute atomic E-state index is 11.3. The number of rotatable bonds is 2. The van der Waals surface area contributed by atoms with Gasteiger partial charge in [-0.25, -0.2) is 0 Å². The predicted molar refractivity (Wildman–Crippen MR) is 58.7 cm³/mol. The Hall–Kier alpha value is -0.640. The Morgan fingerprint density at radius 2 is 1.83 bits per heavy atom. The molecule has 0 aliphatic heterocycles. The van der Waals surface area contributed by atoms with Crippen LogP contribution in [0.4, 0.5) is 0 Å². The van der Waals surface area contributed by atoms with Crippen molar-refractivity contribution in [1.29, 1.82) is 0 Å². The minimum absolute atomic E-state index is 0.00981. The number of Topliss-reactive ketones (excluding diaryl/α,β-unsaturated/α-hetero) is 1. The van der Waals surface area contributed by atoms with Crippen LogP contribution in [0.15, 0.2) is 34.4 Å². The van der Waals surface area contributed by atoms with Gasteiger partial charge in [0.1, 0.15) is 0 Å². The third-order valence-corrected chi connectivity index (χ3v) is 2.05. The fraction of sp³-hybridized carbons (Fsp3) is 0.100. The molecule has 0 saturated carbocycles. The summed E-state index contributed by atoms with van der Waals surface area (Å²) in [5.74, 6) is 0.00981. The molecule has 0 N–H and O–H groups in total. The highest BCUT2D eigenvalue weighted by Gasteiger charge is 2.05. The van der Waals surface area contributed by atoms with Gasteiger partial charge in [0.15, 0.2) is 5.78 Å². The van der Waals surface area contributed by atoms with Gasteiger partial charge in [-0.3, -0.25) is 4.79 Å². The van der Waals surface area contributed by atoms with Crippen LogP contribution in [0.1, 0.15) is 15.9 Å². The maximum Gasteiger partial charge on any atom is 0.198 e. The van der Waals surface area contributed by atoms with Crippen molar-refractivity contribution in [3.8, 4) is 0 Å². The van der Waals surface area contributed by atoms with Crippen LogP contribution < -0.4 is 0 Å². The zero-order valence-corrected chi connectivity index (χ0v) is 8.96. The first kappa shape index (κ1) is 9.45. The Balaban J connectivity index is 2.98. The van der Waals surface area contributed by atoms with Crippen LogP contribution in [0.3, 0.4) is 0 Å². The van der Waals surface area contributed by atoms with Gasteiger partial charge in [-0.1, -0.05) is 36.4 Å². The molecule has 0 aliphatic rings. The third-order valence-electron chi connectivity index (χ3n) is 1.56. The minimum Gasteiger partial charge on any atom is -0.288 e. The monoisotopic (exact) mass is 272 g/mol. The first-order chi connectivity index (χ1) is 5.61. The molecule has 0 fully saturated rings. The fourth-order valence-electron chi connectivity index (χ4n) is 0.862. The van der Waals surface area contributed by atoms with E-state index in [9.17, 15) is 4.79 Å². The molecule has 0 heterocycles. The molecular weight excluding hydrogens is 263 g/mol. The average Bonchev–Trinajstić information content (AvgIpc) is 2.04. The molecule has 62 valence electrons. The second-order valence-electron chi connectivity index (χ2n) is 2.60. The Morgan fingerprint density at radius 1 is 1.33 bits per heavy atom. The first-order valence-electron chi connectivity index (χ1n) is 3.57. The molecule has 2 heteroatoms. The zero-order chi connectivity index (χ0) is 9.14. The lowest BCUT2D eigenvalue weighted by Gasteiger charge is -1.98. The van der Waals surface area contributed by atoms with Gasteiger partial charge in [0, 0.05) is 5.56 Å². The Morgan fingerprint density at radius 3 is 2.25 bits per heavy atom. The highest BCUT2D eigenvalue weighted by Crippen LogP contribution is 2.12. The molecule has 0 radical (unpaired) electrons. The summed E-state index contributed by atoms with van der Waals surface area (Å²) in [4.78, 5) is 11.3. The summed E-state index contributed by atoms with van der Waals surface area (Å²) in [6, 6.07) is 7.49. The highest BCUT2D eigenvalue weighted by molar-refractivity contribution is 14.1. The lowest BCUT2D eigenvalue weighted by Crippen LogP contribution is -1.96. The summed E-state index contributed by atoms with van der Waals surface area (Å²) < 4.78 is 0.552. The van der Waals surface area contributed by atoms with Crippen molar-refractivity contribution >= 4 is 28.4 Å². The van der Waals surface area contributed by atoms with Crippen molar-refractivity contribution in [3.05, 3.63) is 45.6 Å². The van der Waals surface area contributed by atoms with Crippen LogP contribution in [0.2, 0.25) is 0 Å². The van der Waals surface area contributed by atoms with E-state index in [0.717, 1.165) is 5.56 Å². The minimum atomic E-state index is 0.00981. The Bertz CT molecular complexity index is 311. The number of halogens is 1. The van der Waals surface area contributed by atoms with Crippen LogP contribution in [-0.4, -0.2) is 5.78 Å². The van der Waals surface area contributed by atoms with Gasteiger partial charge in [-0.15, -0.1) is 0 Å². The molecule has 12 heavy (non-hydrogen) atoms. The van der Waals surface area contributed by atoms with E-state index in [0.29, 0.717) is 9.14 Å². The number of ketones is 1. The molecule has 1 nitrogen and oxygen atoms in total.